The normalized spacial score (nSPS) is 11.6. The topological polar surface area (TPSA) is 25.4 Å². The Hall–Kier alpha value is -2.34. The molecule has 0 aliphatic carbocycles. The van der Waals surface area contributed by atoms with E-state index >= 15 is 0 Å². The second kappa shape index (κ2) is 4.58. The summed E-state index contributed by atoms with van der Waals surface area (Å²) in [6, 6.07) is 9.57. The maximum Gasteiger partial charge on any atom is 0.508 e. The maximum absolute atomic E-state index is 14.2. The number of nitrogens with zero attached hydrogens (tertiary/aromatic N) is 2. The number of hydrogen-bond donors (Lipinski definition) is 0. The SMILES string of the molecule is O=c1n2ccc3cccc(c[n+]1-c1c(F)cc(Br)cc1F)c32. The van der Waals surface area contributed by atoms with E-state index in [0.717, 1.165) is 33.0 Å². The lowest BCUT2D eigenvalue weighted by molar-refractivity contribution is -0.618. The number of benzene rings is 2. The molecule has 0 aliphatic rings. The van der Waals surface area contributed by atoms with E-state index in [1.807, 2.05) is 12.1 Å². The minimum Gasteiger partial charge on any atom is -0.202 e. The second-order valence-corrected chi connectivity index (χ2v) is 5.89. The smallest absolute Gasteiger partial charge is 0.202 e. The molecule has 2 aromatic heterocycles. The Morgan fingerprint density at radius 2 is 1.73 bits per heavy atom. The fraction of sp³-hybridized carbons (Fsp3) is 0. The number of hydrogen-bond acceptors (Lipinski definition) is 1. The van der Waals surface area contributed by atoms with Gasteiger partial charge >= 0.3 is 5.69 Å². The van der Waals surface area contributed by atoms with Gasteiger partial charge in [0.25, 0.3) is 0 Å². The van der Waals surface area contributed by atoms with Gasteiger partial charge < -0.3 is 0 Å². The van der Waals surface area contributed by atoms with Crippen LogP contribution in [-0.2, 0) is 0 Å². The Bertz CT molecular complexity index is 1070. The van der Waals surface area contributed by atoms with E-state index in [9.17, 15) is 13.6 Å². The van der Waals surface area contributed by atoms with Crippen molar-refractivity contribution in [3.63, 3.8) is 0 Å². The van der Waals surface area contributed by atoms with Gasteiger partial charge in [-0.3, -0.25) is 0 Å². The van der Waals surface area contributed by atoms with Crippen molar-refractivity contribution >= 4 is 32.2 Å². The van der Waals surface area contributed by atoms with Crippen LogP contribution in [0.25, 0.3) is 22.0 Å². The average molecular weight is 362 g/mol. The zero-order valence-corrected chi connectivity index (χ0v) is 12.6. The number of rotatable bonds is 1. The van der Waals surface area contributed by atoms with Gasteiger partial charge in [0, 0.05) is 9.86 Å². The molecular weight excluding hydrogens is 354 g/mol. The van der Waals surface area contributed by atoms with E-state index in [4.69, 9.17) is 0 Å². The summed E-state index contributed by atoms with van der Waals surface area (Å²) in [5.74, 6) is -1.61. The average Bonchev–Trinajstić information content (AvgIpc) is 2.89. The van der Waals surface area contributed by atoms with Crippen LogP contribution >= 0.6 is 15.9 Å². The van der Waals surface area contributed by atoms with Crippen molar-refractivity contribution in [3.05, 3.63) is 75.4 Å². The van der Waals surface area contributed by atoms with Crippen molar-refractivity contribution in [2.75, 3.05) is 0 Å². The molecule has 22 heavy (non-hydrogen) atoms. The molecule has 0 bridgehead atoms. The molecule has 0 radical (unpaired) electrons. The van der Waals surface area contributed by atoms with Crippen molar-refractivity contribution in [2.24, 2.45) is 0 Å². The van der Waals surface area contributed by atoms with Gasteiger partial charge in [0.15, 0.2) is 17.2 Å². The van der Waals surface area contributed by atoms with E-state index in [0.29, 0.717) is 0 Å². The summed E-state index contributed by atoms with van der Waals surface area (Å²) < 4.78 is 31.0. The van der Waals surface area contributed by atoms with Crippen LogP contribution in [0.1, 0.15) is 0 Å². The lowest BCUT2D eigenvalue weighted by atomic mass is 10.2. The molecule has 0 aliphatic heterocycles. The van der Waals surface area contributed by atoms with Crippen LogP contribution in [0.2, 0.25) is 0 Å². The molecule has 0 saturated heterocycles. The van der Waals surface area contributed by atoms with Crippen LogP contribution in [-0.4, -0.2) is 4.40 Å². The number of para-hydroxylation sites is 1. The minimum absolute atomic E-state index is 0.277. The van der Waals surface area contributed by atoms with E-state index in [-0.39, 0.29) is 10.2 Å². The predicted octanol–water partition coefficient (Wildman–Crippen LogP) is 3.21. The third kappa shape index (κ3) is 1.77. The van der Waals surface area contributed by atoms with Gasteiger partial charge in [-0.15, -0.1) is 0 Å². The summed E-state index contributed by atoms with van der Waals surface area (Å²) in [7, 11) is 0. The first kappa shape index (κ1) is 13.3. The summed E-state index contributed by atoms with van der Waals surface area (Å²) in [6.07, 6.45) is 3.06. The van der Waals surface area contributed by atoms with Gasteiger partial charge in [-0.05, 0) is 24.3 Å². The molecule has 3 nitrogen and oxygen atoms in total. The second-order valence-electron chi connectivity index (χ2n) is 4.97. The highest BCUT2D eigenvalue weighted by Crippen LogP contribution is 2.21. The Kier molecular flexibility index (Phi) is 2.77. The largest absolute Gasteiger partial charge is 0.508 e. The fourth-order valence-electron chi connectivity index (χ4n) is 2.72. The monoisotopic (exact) mass is 361 g/mol. The van der Waals surface area contributed by atoms with Crippen LogP contribution in [0.15, 0.2) is 58.1 Å². The lowest BCUT2D eigenvalue weighted by Crippen LogP contribution is -2.51. The molecule has 0 spiro atoms. The highest BCUT2D eigenvalue weighted by atomic mass is 79.9. The van der Waals surface area contributed by atoms with Crippen molar-refractivity contribution in [3.8, 4) is 5.69 Å². The fourth-order valence-corrected chi connectivity index (χ4v) is 3.12. The summed E-state index contributed by atoms with van der Waals surface area (Å²) in [6.45, 7) is 0. The molecule has 108 valence electrons. The first-order valence-electron chi connectivity index (χ1n) is 6.49. The quantitative estimate of drug-likeness (QED) is 0.478. The Morgan fingerprint density at radius 1 is 1.05 bits per heavy atom. The summed E-state index contributed by atoms with van der Waals surface area (Å²) in [5.41, 5.74) is -0.167. The van der Waals surface area contributed by atoms with E-state index < -0.39 is 17.3 Å². The van der Waals surface area contributed by atoms with Crippen LogP contribution < -0.4 is 10.3 Å². The molecule has 4 aromatic rings. The van der Waals surface area contributed by atoms with Gasteiger partial charge in [-0.1, -0.05) is 28.1 Å². The van der Waals surface area contributed by atoms with E-state index in [1.54, 1.807) is 18.3 Å². The van der Waals surface area contributed by atoms with Crippen LogP contribution in [0, 0.1) is 11.6 Å². The van der Waals surface area contributed by atoms with Crippen LogP contribution in [0.3, 0.4) is 0 Å². The van der Waals surface area contributed by atoms with Gasteiger partial charge in [0.2, 0.25) is 5.69 Å². The minimum atomic E-state index is -0.806. The summed E-state index contributed by atoms with van der Waals surface area (Å²) in [5, 5.41) is 1.63. The van der Waals surface area contributed by atoms with Crippen molar-refractivity contribution in [1.29, 1.82) is 0 Å². The molecular formula is C16H8BrF2N2O+. The Balaban J connectivity index is 2.17. The lowest BCUT2D eigenvalue weighted by Gasteiger charge is -2.04. The number of halogens is 3. The van der Waals surface area contributed by atoms with E-state index in [2.05, 4.69) is 15.9 Å². The van der Waals surface area contributed by atoms with Crippen molar-refractivity contribution < 1.29 is 13.3 Å². The van der Waals surface area contributed by atoms with Crippen molar-refractivity contribution in [1.82, 2.24) is 4.40 Å². The summed E-state index contributed by atoms with van der Waals surface area (Å²) >= 11 is 3.03. The molecule has 2 aromatic carbocycles. The highest BCUT2D eigenvalue weighted by molar-refractivity contribution is 9.10. The molecule has 0 N–H and O–H groups in total. The van der Waals surface area contributed by atoms with Gasteiger partial charge in [-0.25, -0.2) is 8.78 Å². The Morgan fingerprint density at radius 3 is 2.45 bits per heavy atom. The third-order valence-corrected chi connectivity index (χ3v) is 4.10. The molecule has 0 unspecified atom stereocenters. The molecule has 6 heteroatoms. The molecule has 2 heterocycles. The maximum atomic E-state index is 14.2. The number of aromatic nitrogens is 2. The first-order chi connectivity index (χ1) is 10.6. The van der Waals surface area contributed by atoms with Gasteiger partial charge in [0.05, 0.1) is 5.39 Å². The molecule has 0 fully saturated rings. The molecule has 4 rings (SSSR count). The molecule has 0 atom stereocenters. The third-order valence-electron chi connectivity index (χ3n) is 3.65. The summed E-state index contributed by atoms with van der Waals surface area (Å²) in [4.78, 5) is 12.6. The van der Waals surface area contributed by atoms with Crippen molar-refractivity contribution in [2.45, 2.75) is 0 Å². The molecule has 0 amide bonds. The predicted molar refractivity (Wildman–Crippen MR) is 81.5 cm³/mol. The van der Waals surface area contributed by atoms with Crippen LogP contribution in [0.5, 0.6) is 0 Å². The highest BCUT2D eigenvalue weighted by Gasteiger charge is 2.23. The Labute approximate surface area is 131 Å². The van der Waals surface area contributed by atoms with Gasteiger partial charge in [0.1, 0.15) is 12.4 Å². The van der Waals surface area contributed by atoms with Gasteiger partial charge in [-0.2, -0.15) is 13.8 Å². The molecule has 0 saturated carbocycles. The first-order valence-corrected chi connectivity index (χ1v) is 7.28. The van der Waals surface area contributed by atoms with E-state index in [1.165, 1.54) is 10.6 Å². The zero-order chi connectivity index (χ0) is 15.4. The van der Waals surface area contributed by atoms with Crippen LogP contribution in [0.4, 0.5) is 8.78 Å². The zero-order valence-electron chi connectivity index (χ0n) is 11.1. The standard InChI is InChI=1S/C16H8BrF2N2O/c17-11-6-12(18)15(13(19)7-11)21-8-10-3-1-2-9-4-5-20(14(9)10)16(21)22/h1-8H/q+1.